The van der Waals surface area contributed by atoms with Crippen molar-refractivity contribution in [2.24, 2.45) is 0 Å². The van der Waals surface area contributed by atoms with Gasteiger partial charge in [-0.3, -0.25) is 4.79 Å². The molecule has 0 bridgehead atoms. The molecule has 0 aliphatic rings. The minimum absolute atomic E-state index is 0.0146. The van der Waals surface area contributed by atoms with Crippen molar-refractivity contribution in [3.05, 3.63) is 0 Å². The summed E-state index contributed by atoms with van der Waals surface area (Å²) in [5.41, 5.74) is 0. The number of carbonyl (C=O) groups excluding carboxylic acids is 3. The van der Waals surface area contributed by atoms with Gasteiger partial charge in [-0.25, -0.2) is 0 Å². The summed E-state index contributed by atoms with van der Waals surface area (Å²) in [4.78, 5) is 30.2. The van der Waals surface area contributed by atoms with Gasteiger partial charge in [0.25, 0.3) is 0 Å². The molecule has 0 rings (SSSR count). The highest BCUT2D eigenvalue weighted by Gasteiger charge is 1.98. The molecule has 0 amide bonds. The standard InChI is InChI=1S/C7H10O3/c8-5-1-3-7(10)4-2-6-9/h5-6H,1-4H2. The molecule has 0 saturated carbocycles. The predicted molar refractivity (Wildman–Crippen MR) is 35.6 cm³/mol. The summed E-state index contributed by atoms with van der Waals surface area (Å²) >= 11 is 0. The zero-order valence-corrected chi connectivity index (χ0v) is 5.71. The van der Waals surface area contributed by atoms with Gasteiger partial charge in [-0.15, -0.1) is 0 Å². The molecule has 0 aliphatic heterocycles. The first kappa shape index (κ1) is 9.01. The molecule has 0 saturated heterocycles. The molecule has 0 atom stereocenters. The summed E-state index contributed by atoms with van der Waals surface area (Å²) in [6.45, 7) is 0. The van der Waals surface area contributed by atoms with Crippen molar-refractivity contribution in [3.63, 3.8) is 0 Å². The summed E-state index contributed by atoms with van der Waals surface area (Å²) in [6, 6.07) is 0. The highest BCUT2D eigenvalue weighted by atomic mass is 16.1. The van der Waals surface area contributed by atoms with Crippen molar-refractivity contribution in [1.82, 2.24) is 0 Å². The zero-order valence-electron chi connectivity index (χ0n) is 5.71. The van der Waals surface area contributed by atoms with E-state index in [9.17, 15) is 14.4 Å². The van der Waals surface area contributed by atoms with Gasteiger partial charge >= 0.3 is 0 Å². The Morgan fingerprint density at radius 3 is 1.70 bits per heavy atom. The molecule has 56 valence electrons. The third-order valence-corrected chi connectivity index (χ3v) is 1.08. The van der Waals surface area contributed by atoms with Crippen LogP contribution < -0.4 is 0 Å². The van der Waals surface area contributed by atoms with E-state index in [1.54, 1.807) is 0 Å². The first-order valence-corrected chi connectivity index (χ1v) is 3.20. The number of carbonyl (C=O) groups is 3. The fourth-order valence-corrected chi connectivity index (χ4v) is 0.565. The van der Waals surface area contributed by atoms with Gasteiger partial charge in [-0.1, -0.05) is 0 Å². The van der Waals surface area contributed by atoms with Crippen LogP contribution in [0.2, 0.25) is 0 Å². The van der Waals surface area contributed by atoms with Crippen LogP contribution in [0.15, 0.2) is 0 Å². The van der Waals surface area contributed by atoms with Gasteiger partial charge in [-0.2, -0.15) is 0 Å². The van der Waals surface area contributed by atoms with E-state index in [0.29, 0.717) is 12.6 Å². The third-order valence-electron chi connectivity index (χ3n) is 1.08. The Kier molecular flexibility index (Phi) is 5.53. The summed E-state index contributed by atoms with van der Waals surface area (Å²) in [5.74, 6) is -0.0146. The number of Topliss-reactive ketones (excluding diaryl/α,β-unsaturated/α-hetero) is 1. The quantitative estimate of drug-likeness (QED) is 0.508. The molecule has 0 N–H and O–H groups in total. The van der Waals surface area contributed by atoms with Gasteiger partial charge in [0, 0.05) is 25.7 Å². The minimum atomic E-state index is -0.0146. The smallest absolute Gasteiger partial charge is 0.133 e. The average Bonchev–Trinajstić information content (AvgIpc) is 1.97. The molecule has 0 radical (unpaired) electrons. The lowest BCUT2D eigenvalue weighted by molar-refractivity contribution is -0.122. The molecule has 0 aromatic carbocycles. The van der Waals surface area contributed by atoms with Crippen molar-refractivity contribution in [2.75, 3.05) is 0 Å². The molecule has 0 aromatic heterocycles. The molecule has 3 heteroatoms. The van der Waals surface area contributed by atoms with Crippen LogP contribution in [-0.2, 0) is 14.4 Å². The van der Waals surface area contributed by atoms with Gasteiger partial charge in [0.2, 0.25) is 0 Å². The predicted octanol–water partition coefficient (Wildman–Crippen LogP) is 0.514. The van der Waals surface area contributed by atoms with Crippen molar-refractivity contribution in [2.45, 2.75) is 25.7 Å². The maximum atomic E-state index is 10.6. The fourth-order valence-electron chi connectivity index (χ4n) is 0.565. The Balaban J connectivity index is 3.24. The SMILES string of the molecule is O=CCCC(=O)CCC=O. The number of rotatable bonds is 6. The lowest BCUT2D eigenvalue weighted by atomic mass is 10.1. The highest BCUT2D eigenvalue weighted by molar-refractivity contribution is 5.81. The van der Waals surface area contributed by atoms with Crippen LogP contribution >= 0.6 is 0 Å². The summed E-state index contributed by atoms with van der Waals surface area (Å²) in [5, 5.41) is 0. The van der Waals surface area contributed by atoms with Gasteiger partial charge in [-0.05, 0) is 0 Å². The Morgan fingerprint density at radius 1 is 1.00 bits per heavy atom. The molecule has 0 heterocycles. The second kappa shape index (κ2) is 6.13. The van der Waals surface area contributed by atoms with Crippen LogP contribution in [0.5, 0.6) is 0 Å². The van der Waals surface area contributed by atoms with Gasteiger partial charge in [0.15, 0.2) is 0 Å². The lowest BCUT2D eigenvalue weighted by Crippen LogP contribution is -1.97. The van der Waals surface area contributed by atoms with E-state index >= 15 is 0 Å². The van der Waals surface area contributed by atoms with E-state index in [-0.39, 0.29) is 31.5 Å². The van der Waals surface area contributed by atoms with E-state index in [4.69, 9.17) is 0 Å². The van der Waals surface area contributed by atoms with E-state index in [2.05, 4.69) is 0 Å². The summed E-state index contributed by atoms with van der Waals surface area (Å²) in [7, 11) is 0. The maximum Gasteiger partial charge on any atom is 0.133 e. The third kappa shape index (κ3) is 5.15. The van der Waals surface area contributed by atoms with Crippen LogP contribution in [0.4, 0.5) is 0 Å². The average molecular weight is 142 g/mol. The van der Waals surface area contributed by atoms with Crippen molar-refractivity contribution in [1.29, 1.82) is 0 Å². The second-order valence-electron chi connectivity index (χ2n) is 1.95. The van der Waals surface area contributed by atoms with Crippen LogP contribution in [0, 0.1) is 0 Å². The molecule has 3 nitrogen and oxygen atoms in total. The molecule has 0 spiro atoms. The lowest BCUT2D eigenvalue weighted by Gasteiger charge is -1.90. The Morgan fingerprint density at radius 2 is 1.40 bits per heavy atom. The van der Waals surface area contributed by atoms with E-state index in [0.717, 1.165) is 0 Å². The number of aldehydes is 2. The molecular weight excluding hydrogens is 132 g/mol. The summed E-state index contributed by atoms with van der Waals surface area (Å²) in [6.07, 6.45) is 2.52. The van der Waals surface area contributed by atoms with E-state index in [1.807, 2.05) is 0 Å². The highest BCUT2D eigenvalue weighted by Crippen LogP contribution is 1.94. The molecule has 0 unspecified atom stereocenters. The van der Waals surface area contributed by atoms with Crippen molar-refractivity contribution >= 4 is 18.4 Å². The van der Waals surface area contributed by atoms with Crippen LogP contribution in [0.25, 0.3) is 0 Å². The second-order valence-corrected chi connectivity index (χ2v) is 1.95. The number of hydrogen-bond donors (Lipinski definition) is 0. The minimum Gasteiger partial charge on any atom is -0.303 e. The molecular formula is C7H10O3. The topological polar surface area (TPSA) is 51.2 Å². The van der Waals surface area contributed by atoms with Gasteiger partial charge < -0.3 is 9.59 Å². The molecule has 0 fully saturated rings. The molecule has 0 aliphatic carbocycles. The normalized spacial score (nSPS) is 8.80. The van der Waals surface area contributed by atoms with Crippen molar-refractivity contribution in [3.8, 4) is 0 Å². The number of ketones is 1. The van der Waals surface area contributed by atoms with E-state index < -0.39 is 0 Å². The van der Waals surface area contributed by atoms with Crippen LogP contribution in [0.3, 0.4) is 0 Å². The Bertz CT molecular complexity index is 115. The summed E-state index contributed by atoms with van der Waals surface area (Å²) < 4.78 is 0. The first-order chi connectivity index (χ1) is 4.81. The zero-order chi connectivity index (χ0) is 7.82. The largest absolute Gasteiger partial charge is 0.303 e. The molecule has 0 aromatic rings. The van der Waals surface area contributed by atoms with Crippen LogP contribution in [0.1, 0.15) is 25.7 Å². The monoisotopic (exact) mass is 142 g/mol. The maximum absolute atomic E-state index is 10.6. The van der Waals surface area contributed by atoms with Gasteiger partial charge in [0.05, 0.1) is 0 Å². The first-order valence-electron chi connectivity index (χ1n) is 3.20. The van der Waals surface area contributed by atoms with Crippen molar-refractivity contribution < 1.29 is 14.4 Å². The van der Waals surface area contributed by atoms with Crippen LogP contribution in [-0.4, -0.2) is 18.4 Å². The van der Waals surface area contributed by atoms with E-state index in [1.165, 1.54) is 0 Å². The Labute approximate surface area is 59.4 Å². The molecule has 10 heavy (non-hydrogen) atoms. The van der Waals surface area contributed by atoms with Gasteiger partial charge in [0.1, 0.15) is 18.4 Å². The Hall–Kier alpha value is -0.990. The fraction of sp³-hybridized carbons (Fsp3) is 0.571. The number of hydrogen-bond acceptors (Lipinski definition) is 3.